The zero-order valence-electron chi connectivity index (χ0n) is 10.2. The number of rotatable bonds is 4. The standard InChI is InChI=1S/C13H13N5O/c14-5-4-9-2-1-3-10(8-9)13-17-12(18-19-13)11-15-6-7-16-11/h1-3,6-8H,4-5,14H2,(H,15,16). The predicted octanol–water partition coefficient (Wildman–Crippen LogP) is 1.63. The van der Waals surface area contributed by atoms with Gasteiger partial charge in [0.05, 0.1) is 0 Å². The van der Waals surface area contributed by atoms with E-state index in [1.54, 1.807) is 12.4 Å². The van der Waals surface area contributed by atoms with E-state index < -0.39 is 0 Å². The van der Waals surface area contributed by atoms with Crippen LogP contribution in [0.3, 0.4) is 0 Å². The SMILES string of the molecule is NCCc1cccc(-c2nc(-c3ncc[nH]3)no2)c1. The molecule has 96 valence electrons. The van der Waals surface area contributed by atoms with Crippen LogP contribution in [0.5, 0.6) is 0 Å². The van der Waals surface area contributed by atoms with Gasteiger partial charge in [0.25, 0.3) is 5.89 Å². The molecular weight excluding hydrogens is 242 g/mol. The molecule has 19 heavy (non-hydrogen) atoms. The fourth-order valence-electron chi connectivity index (χ4n) is 1.85. The highest BCUT2D eigenvalue weighted by Crippen LogP contribution is 2.21. The maximum absolute atomic E-state index is 5.55. The molecule has 0 atom stereocenters. The van der Waals surface area contributed by atoms with Crippen LogP contribution in [-0.4, -0.2) is 26.7 Å². The molecule has 0 aliphatic heterocycles. The van der Waals surface area contributed by atoms with E-state index >= 15 is 0 Å². The summed E-state index contributed by atoms with van der Waals surface area (Å²) in [5.41, 5.74) is 7.59. The molecule has 0 saturated carbocycles. The molecule has 3 rings (SSSR count). The second-order valence-corrected chi connectivity index (χ2v) is 4.10. The monoisotopic (exact) mass is 255 g/mol. The molecule has 3 aromatic rings. The quantitative estimate of drug-likeness (QED) is 0.739. The molecule has 6 nitrogen and oxygen atoms in total. The van der Waals surface area contributed by atoms with E-state index in [0.717, 1.165) is 17.5 Å². The number of nitrogens with one attached hydrogen (secondary N) is 1. The fraction of sp³-hybridized carbons (Fsp3) is 0.154. The van der Waals surface area contributed by atoms with Gasteiger partial charge in [0.15, 0.2) is 5.82 Å². The van der Waals surface area contributed by atoms with Gasteiger partial charge in [-0.15, -0.1) is 0 Å². The second-order valence-electron chi connectivity index (χ2n) is 4.10. The Morgan fingerprint density at radius 1 is 1.32 bits per heavy atom. The van der Waals surface area contributed by atoms with E-state index in [4.69, 9.17) is 10.3 Å². The van der Waals surface area contributed by atoms with Crippen molar-refractivity contribution in [3.63, 3.8) is 0 Å². The Morgan fingerprint density at radius 2 is 2.26 bits per heavy atom. The average molecular weight is 255 g/mol. The van der Waals surface area contributed by atoms with Crippen molar-refractivity contribution in [2.24, 2.45) is 5.73 Å². The summed E-state index contributed by atoms with van der Waals surface area (Å²) in [7, 11) is 0. The van der Waals surface area contributed by atoms with Crippen LogP contribution < -0.4 is 5.73 Å². The number of nitrogens with zero attached hydrogens (tertiary/aromatic N) is 3. The first-order valence-electron chi connectivity index (χ1n) is 5.99. The van der Waals surface area contributed by atoms with E-state index in [-0.39, 0.29) is 0 Å². The van der Waals surface area contributed by atoms with E-state index in [2.05, 4.69) is 20.1 Å². The molecule has 0 aliphatic rings. The van der Waals surface area contributed by atoms with Crippen molar-refractivity contribution < 1.29 is 4.52 Å². The normalized spacial score (nSPS) is 10.8. The highest BCUT2D eigenvalue weighted by Gasteiger charge is 2.12. The van der Waals surface area contributed by atoms with Crippen LogP contribution in [-0.2, 0) is 6.42 Å². The van der Waals surface area contributed by atoms with Crippen molar-refractivity contribution in [1.82, 2.24) is 20.1 Å². The highest BCUT2D eigenvalue weighted by atomic mass is 16.5. The van der Waals surface area contributed by atoms with Gasteiger partial charge in [-0.25, -0.2) is 4.98 Å². The van der Waals surface area contributed by atoms with Gasteiger partial charge >= 0.3 is 0 Å². The molecule has 2 heterocycles. The lowest BCUT2D eigenvalue weighted by atomic mass is 10.1. The van der Waals surface area contributed by atoms with Crippen LogP contribution >= 0.6 is 0 Å². The number of aromatic nitrogens is 4. The number of imidazole rings is 1. The van der Waals surface area contributed by atoms with Crippen molar-refractivity contribution in [2.45, 2.75) is 6.42 Å². The molecule has 0 radical (unpaired) electrons. The number of nitrogens with two attached hydrogens (primary N) is 1. The van der Waals surface area contributed by atoms with Gasteiger partial charge in [-0.2, -0.15) is 4.98 Å². The fourth-order valence-corrected chi connectivity index (χ4v) is 1.85. The predicted molar refractivity (Wildman–Crippen MR) is 70.1 cm³/mol. The minimum atomic E-state index is 0.448. The van der Waals surface area contributed by atoms with Gasteiger partial charge in [-0.3, -0.25) is 0 Å². The number of H-pyrrole nitrogens is 1. The molecule has 0 fully saturated rings. The Labute approximate surface area is 109 Å². The third kappa shape index (κ3) is 2.38. The molecule has 0 unspecified atom stereocenters. The van der Waals surface area contributed by atoms with Gasteiger partial charge in [0.1, 0.15) is 0 Å². The maximum Gasteiger partial charge on any atom is 0.258 e. The summed E-state index contributed by atoms with van der Waals surface area (Å²) in [6.45, 7) is 0.616. The molecule has 6 heteroatoms. The third-order valence-electron chi connectivity index (χ3n) is 2.74. The molecule has 0 saturated heterocycles. The smallest absolute Gasteiger partial charge is 0.258 e. The molecule has 1 aromatic carbocycles. The number of aromatic amines is 1. The van der Waals surface area contributed by atoms with Crippen LogP contribution in [0.25, 0.3) is 23.1 Å². The summed E-state index contributed by atoms with van der Waals surface area (Å²) in [5, 5.41) is 3.91. The summed E-state index contributed by atoms with van der Waals surface area (Å²) >= 11 is 0. The lowest BCUT2D eigenvalue weighted by Crippen LogP contribution is -2.02. The molecule has 0 aliphatic carbocycles. The first-order valence-corrected chi connectivity index (χ1v) is 5.99. The Morgan fingerprint density at radius 3 is 3.05 bits per heavy atom. The lowest BCUT2D eigenvalue weighted by molar-refractivity contribution is 0.432. The van der Waals surface area contributed by atoms with Gasteiger partial charge in [-0.05, 0) is 30.7 Å². The van der Waals surface area contributed by atoms with Crippen molar-refractivity contribution in [1.29, 1.82) is 0 Å². The largest absolute Gasteiger partial charge is 0.342 e. The number of hydrogen-bond acceptors (Lipinski definition) is 5. The topological polar surface area (TPSA) is 93.6 Å². The van der Waals surface area contributed by atoms with Crippen LogP contribution in [0, 0.1) is 0 Å². The Balaban J connectivity index is 1.92. The van der Waals surface area contributed by atoms with E-state index in [9.17, 15) is 0 Å². The molecule has 0 amide bonds. The number of hydrogen-bond donors (Lipinski definition) is 2. The minimum absolute atomic E-state index is 0.448. The van der Waals surface area contributed by atoms with Crippen molar-refractivity contribution in [3.05, 3.63) is 42.2 Å². The average Bonchev–Trinajstić information content (AvgIpc) is 3.11. The molecule has 3 N–H and O–H groups in total. The summed E-state index contributed by atoms with van der Waals surface area (Å²) in [6.07, 6.45) is 4.19. The third-order valence-corrected chi connectivity index (χ3v) is 2.74. The van der Waals surface area contributed by atoms with Crippen LogP contribution in [0.4, 0.5) is 0 Å². The van der Waals surface area contributed by atoms with E-state index in [1.807, 2.05) is 24.3 Å². The van der Waals surface area contributed by atoms with Crippen LogP contribution in [0.15, 0.2) is 41.2 Å². The summed E-state index contributed by atoms with van der Waals surface area (Å²) in [4.78, 5) is 11.3. The Kier molecular flexibility index (Phi) is 3.07. The molecule has 2 aromatic heterocycles. The zero-order chi connectivity index (χ0) is 13.1. The maximum atomic E-state index is 5.55. The van der Waals surface area contributed by atoms with Gasteiger partial charge in [0, 0.05) is 18.0 Å². The lowest BCUT2D eigenvalue weighted by Gasteiger charge is -1.99. The first kappa shape index (κ1) is 11.6. The zero-order valence-corrected chi connectivity index (χ0v) is 10.2. The molecule has 0 spiro atoms. The molecular formula is C13H13N5O. The van der Waals surface area contributed by atoms with Crippen LogP contribution in [0.1, 0.15) is 5.56 Å². The van der Waals surface area contributed by atoms with Gasteiger partial charge < -0.3 is 15.2 Å². The first-order chi connectivity index (χ1) is 9.36. The minimum Gasteiger partial charge on any atom is -0.342 e. The Bertz CT molecular complexity index is 659. The van der Waals surface area contributed by atoms with Gasteiger partial charge in [-0.1, -0.05) is 17.3 Å². The van der Waals surface area contributed by atoms with Crippen molar-refractivity contribution >= 4 is 0 Å². The van der Waals surface area contributed by atoms with Gasteiger partial charge in [0.2, 0.25) is 5.82 Å². The number of benzene rings is 1. The van der Waals surface area contributed by atoms with E-state index in [1.165, 1.54) is 0 Å². The summed E-state index contributed by atoms with van der Waals surface area (Å²) < 4.78 is 5.26. The van der Waals surface area contributed by atoms with Crippen molar-refractivity contribution in [3.8, 4) is 23.1 Å². The van der Waals surface area contributed by atoms with Crippen LogP contribution in [0.2, 0.25) is 0 Å². The molecule has 0 bridgehead atoms. The highest BCUT2D eigenvalue weighted by molar-refractivity contribution is 5.56. The van der Waals surface area contributed by atoms with Crippen molar-refractivity contribution in [2.75, 3.05) is 6.54 Å². The summed E-state index contributed by atoms with van der Waals surface area (Å²) in [5.74, 6) is 1.52. The second kappa shape index (κ2) is 5.03. The summed E-state index contributed by atoms with van der Waals surface area (Å²) in [6, 6.07) is 7.92. The Hall–Kier alpha value is -2.47. The van der Waals surface area contributed by atoms with E-state index in [0.29, 0.717) is 24.1 Å².